The van der Waals surface area contributed by atoms with Crippen LogP contribution in [0.25, 0.3) is 0 Å². The van der Waals surface area contributed by atoms with Gasteiger partial charge in [0.25, 0.3) is 0 Å². The first-order valence-electron chi connectivity index (χ1n) is 4.88. The summed E-state index contributed by atoms with van der Waals surface area (Å²) in [5.41, 5.74) is 0. The van der Waals surface area contributed by atoms with Crippen LogP contribution < -0.4 is 0 Å². The van der Waals surface area contributed by atoms with Crippen molar-refractivity contribution < 1.29 is 14.7 Å². The van der Waals surface area contributed by atoms with E-state index in [4.69, 9.17) is 5.11 Å². The number of rotatable bonds is 7. The van der Waals surface area contributed by atoms with Gasteiger partial charge in [-0.05, 0) is 12.8 Å². The molecule has 3 nitrogen and oxygen atoms in total. The van der Waals surface area contributed by atoms with Crippen molar-refractivity contribution in [2.75, 3.05) is 0 Å². The van der Waals surface area contributed by atoms with E-state index in [9.17, 15) is 9.59 Å². The lowest BCUT2D eigenvalue weighted by Gasteiger charge is -2.04. The Bertz CT molecular complexity index is 175. The molecule has 1 unspecified atom stereocenters. The van der Waals surface area contributed by atoms with Crippen LogP contribution in [0.1, 0.15) is 46.0 Å². The third-order valence-electron chi connectivity index (χ3n) is 1.97. The fourth-order valence-electron chi connectivity index (χ4n) is 1.03. The third-order valence-corrected chi connectivity index (χ3v) is 1.97. The maximum atomic E-state index is 11.1. The largest absolute Gasteiger partial charge is 0.385 e. The van der Waals surface area contributed by atoms with E-state index in [-0.39, 0.29) is 6.42 Å². The Labute approximate surface area is 79.1 Å². The van der Waals surface area contributed by atoms with Crippen molar-refractivity contribution in [3.05, 3.63) is 0 Å². The Hall–Kier alpha value is -0.700. The van der Waals surface area contributed by atoms with E-state index < -0.39 is 17.7 Å². The van der Waals surface area contributed by atoms with Gasteiger partial charge in [-0.25, -0.2) is 0 Å². The zero-order valence-corrected chi connectivity index (χ0v) is 8.38. The van der Waals surface area contributed by atoms with E-state index in [1.54, 1.807) is 6.92 Å². The van der Waals surface area contributed by atoms with Gasteiger partial charge in [0.05, 0.1) is 0 Å². The Kier molecular flexibility index (Phi) is 6.41. The highest BCUT2D eigenvalue weighted by molar-refractivity contribution is 6.38. The van der Waals surface area contributed by atoms with Crippen LogP contribution in [0.5, 0.6) is 0 Å². The topological polar surface area (TPSA) is 54.4 Å². The fraction of sp³-hybridized carbons (Fsp3) is 0.800. The zero-order chi connectivity index (χ0) is 10.3. The molecule has 0 aromatic heterocycles. The molecule has 1 N–H and O–H groups in total. The van der Waals surface area contributed by atoms with Gasteiger partial charge in [-0.15, -0.1) is 0 Å². The Morgan fingerprint density at radius 2 is 1.85 bits per heavy atom. The van der Waals surface area contributed by atoms with Gasteiger partial charge in [-0.3, -0.25) is 9.59 Å². The third kappa shape index (κ3) is 4.78. The second-order valence-corrected chi connectivity index (χ2v) is 3.17. The molecule has 0 fully saturated rings. The molecule has 0 bridgehead atoms. The molecule has 0 aromatic rings. The maximum absolute atomic E-state index is 11.1. The molecule has 3 heteroatoms. The average Bonchev–Trinajstić information content (AvgIpc) is 2.15. The maximum Gasteiger partial charge on any atom is 0.226 e. The Morgan fingerprint density at radius 1 is 1.23 bits per heavy atom. The van der Waals surface area contributed by atoms with Gasteiger partial charge < -0.3 is 5.11 Å². The number of unbranched alkanes of at least 4 members (excludes halogenated alkanes) is 2. The van der Waals surface area contributed by atoms with Crippen LogP contribution in [0.4, 0.5) is 0 Å². The van der Waals surface area contributed by atoms with Gasteiger partial charge in [0.15, 0.2) is 0 Å². The van der Waals surface area contributed by atoms with Gasteiger partial charge in [0.2, 0.25) is 11.6 Å². The zero-order valence-electron chi connectivity index (χ0n) is 8.38. The van der Waals surface area contributed by atoms with E-state index in [0.717, 1.165) is 19.3 Å². The standard InChI is InChI=1S/C10H18O3/c1-3-5-6-7-9(12)10(13)8(11)4-2/h8,11H,3-7H2,1-2H3. The van der Waals surface area contributed by atoms with Crippen molar-refractivity contribution in [3.63, 3.8) is 0 Å². The van der Waals surface area contributed by atoms with E-state index in [1.807, 2.05) is 6.92 Å². The minimum absolute atomic E-state index is 0.281. The highest BCUT2D eigenvalue weighted by Crippen LogP contribution is 2.03. The van der Waals surface area contributed by atoms with Crippen LogP contribution >= 0.6 is 0 Å². The van der Waals surface area contributed by atoms with Gasteiger partial charge in [-0.1, -0.05) is 26.7 Å². The summed E-state index contributed by atoms with van der Waals surface area (Å²) >= 11 is 0. The summed E-state index contributed by atoms with van der Waals surface area (Å²) < 4.78 is 0. The predicted molar refractivity (Wildman–Crippen MR) is 50.5 cm³/mol. The van der Waals surface area contributed by atoms with Gasteiger partial charge >= 0.3 is 0 Å². The quantitative estimate of drug-likeness (QED) is 0.484. The normalized spacial score (nSPS) is 12.5. The summed E-state index contributed by atoms with van der Waals surface area (Å²) in [5, 5.41) is 9.08. The molecule has 0 aromatic carbocycles. The van der Waals surface area contributed by atoms with E-state index in [1.165, 1.54) is 0 Å². The van der Waals surface area contributed by atoms with Crippen LogP contribution in [0.3, 0.4) is 0 Å². The second-order valence-electron chi connectivity index (χ2n) is 3.17. The van der Waals surface area contributed by atoms with E-state index in [2.05, 4.69) is 0 Å². The molecule has 76 valence electrons. The van der Waals surface area contributed by atoms with Crippen LogP contribution in [0.15, 0.2) is 0 Å². The lowest BCUT2D eigenvalue weighted by atomic mass is 10.0. The first-order valence-corrected chi connectivity index (χ1v) is 4.88. The molecule has 1 atom stereocenters. The summed E-state index contributed by atoms with van der Waals surface area (Å²) in [6.07, 6.45) is 2.24. The Balaban J connectivity index is 3.76. The molecule has 0 aliphatic carbocycles. The van der Waals surface area contributed by atoms with Crippen molar-refractivity contribution in [1.29, 1.82) is 0 Å². The lowest BCUT2D eigenvalue weighted by Crippen LogP contribution is -2.27. The molecule has 0 heterocycles. The van der Waals surface area contributed by atoms with Gasteiger partial charge in [0.1, 0.15) is 6.10 Å². The van der Waals surface area contributed by atoms with Gasteiger partial charge in [-0.2, -0.15) is 0 Å². The average molecular weight is 186 g/mol. The summed E-state index contributed by atoms with van der Waals surface area (Å²) in [4.78, 5) is 22.2. The molecule has 0 saturated heterocycles. The number of ketones is 2. The molecule has 0 radical (unpaired) electrons. The molecule has 0 amide bonds. The van der Waals surface area contributed by atoms with Crippen molar-refractivity contribution in [2.45, 2.75) is 52.1 Å². The first-order chi connectivity index (χ1) is 6.13. The molecule has 0 saturated carbocycles. The molecule has 13 heavy (non-hydrogen) atoms. The highest BCUT2D eigenvalue weighted by atomic mass is 16.3. The summed E-state index contributed by atoms with van der Waals surface area (Å²) in [6.45, 7) is 3.72. The fourth-order valence-corrected chi connectivity index (χ4v) is 1.03. The Morgan fingerprint density at radius 3 is 2.31 bits per heavy atom. The van der Waals surface area contributed by atoms with Crippen molar-refractivity contribution in [3.8, 4) is 0 Å². The number of hydrogen-bond acceptors (Lipinski definition) is 3. The minimum Gasteiger partial charge on any atom is -0.385 e. The summed E-state index contributed by atoms with van der Waals surface area (Å²) in [6, 6.07) is 0. The van der Waals surface area contributed by atoms with E-state index in [0.29, 0.717) is 6.42 Å². The lowest BCUT2D eigenvalue weighted by molar-refractivity contribution is -0.141. The second kappa shape index (κ2) is 6.78. The predicted octanol–water partition coefficient (Wildman–Crippen LogP) is 1.48. The van der Waals surface area contributed by atoms with Crippen LogP contribution in [0, 0.1) is 0 Å². The number of carbonyl (C=O) groups excluding carboxylic acids is 2. The number of carbonyl (C=O) groups is 2. The monoisotopic (exact) mass is 186 g/mol. The molecule has 0 aliphatic heterocycles. The number of aliphatic hydroxyl groups is 1. The molecule has 0 spiro atoms. The molecular weight excluding hydrogens is 168 g/mol. The molecule has 0 rings (SSSR count). The highest BCUT2D eigenvalue weighted by Gasteiger charge is 2.20. The van der Waals surface area contributed by atoms with Crippen LogP contribution in [-0.4, -0.2) is 22.8 Å². The van der Waals surface area contributed by atoms with Crippen molar-refractivity contribution >= 4 is 11.6 Å². The smallest absolute Gasteiger partial charge is 0.226 e. The number of Topliss-reactive ketones (excluding diaryl/α,β-unsaturated/α-hetero) is 2. The molecular formula is C10H18O3. The SMILES string of the molecule is CCCCCC(=O)C(=O)C(O)CC. The number of aliphatic hydroxyl groups excluding tert-OH is 1. The first kappa shape index (κ1) is 12.3. The van der Waals surface area contributed by atoms with Crippen molar-refractivity contribution in [2.24, 2.45) is 0 Å². The summed E-state index contributed by atoms with van der Waals surface area (Å²) in [7, 11) is 0. The molecule has 0 aliphatic rings. The van der Waals surface area contributed by atoms with Crippen LogP contribution in [-0.2, 0) is 9.59 Å². The minimum atomic E-state index is -1.09. The van der Waals surface area contributed by atoms with Crippen LogP contribution in [0.2, 0.25) is 0 Å². The van der Waals surface area contributed by atoms with Gasteiger partial charge in [0, 0.05) is 6.42 Å². The van der Waals surface area contributed by atoms with Crippen molar-refractivity contribution in [1.82, 2.24) is 0 Å². The van der Waals surface area contributed by atoms with E-state index >= 15 is 0 Å². The summed E-state index contributed by atoms with van der Waals surface area (Å²) in [5.74, 6) is -1.05. The number of hydrogen-bond donors (Lipinski definition) is 1.